The van der Waals surface area contributed by atoms with Crippen LogP contribution >= 0.6 is 23.4 Å². The summed E-state index contributed by atoms with van der Waals surface area (Å²) in [6.45, 7) is 2.17. The van der Waals surface area contributed by atoms with Gasteiger partial charge in [-0.2, -0.15) is 0 Å². The third-order valence-corrected chi connectivity index (χ3v) is 9.78. The van der Waals surface area contributed by atoms with Crippen LogP contribution in [0, 0.1) is 17.8 Å². The standard InChI is InChI=1S/C30H33ClN4OS/c1-2-18-6-3-7-19-8-5-11-26(37-22-16-24-30(34-17-22)33-13-12-32-24)35-29(27(19)28(18)31)20-9-4-10-23-21(14-20)15-25(23)36/h3,6,8,12-13,16-17,20-21,23,25,36H,2,4-5,7,9-11,14-15H2,1H3. The molecule has 4 aliphatic rings. The molecule has 4 unspecified atom stereocenters. The Kier molecular flexibility index (Phi) is 7.33. The maximum atomic E-state index is 10.4. The van der Waals surface area contributed by atoms with Crippen molar-refractivity contribution in [3.63, 3.8) is 0 Å². The molecule has 0 spiro atoms. The van der Waals surface area contributed by atoms with E-state index in [0.29, 0.717) is 23.4 Å². The van der Waals surface area contributed by atoms with Gasteiger partial charge in [-0.25, -0.2) is 15.0 Å². The highest BCUT2D eigenvalue weighted by molar-refractivity contribution is 8.14. The van der Waals surface area contributed by atoms with E-state index in [4.69, 9.17) is 16.6 Å². The first-order valence-electron chi connectivity index (χ1n) is 13.6. The number of hydrogen-bond donors (Lipinski definition) is 1. The van der Waals surface area contributed by atoms with Crippen molar-refractivity contribution in [2.75, 3.05) is 0 Å². The molecule has 2 saturated carbocycles. The van der Waals surface area contributed by atoms with Crippen LogP contribution in [0.15, 0.2) is 80.2 Å². The molecule has 2 fully saturated rings. The van der Waals surface area contributed by atoms with Gasteiger partial charge < -0.3 is 5.11 Å². The fourth-order valence-corrected chi connectivity index (χ4v) is 7.69. The minimum atomic E-state index is -0.121. The van der Waals surface area contributed by atoms with Gasteiger partial charge in [0, 0.05) is 35.0 Å². The Labute approximate surface area is 227 Å². The highest BCUT2D eigenvalue weighted by atomic mass is 35.5. The Morgan fingerprint density at radius 3 is 2.89 bits per heavy atom. The number of thioether (sulfide) groups is 1. The largest absolute Gasteiger partial charge is 0.393 e. The van der Waals surface area contributed by atoms with E-state index in [9.17, 15) is 5.11 Å². The lowest BCUT2D eigenvalue weighted by Gasteiger charge is -2.41. The zero-order valence-corrected chi connectivity index (χ0v) is 22.8. The topological polar surface area (TPSA) is 71.3 Å². The lowest BCUT2D eigenvalue weighted by molar-refractivity contribution is -0.0388. The molecule has 37 heavy (non-hydrogen) atoms. The molecular formula is C30H33ClN4OS. The lowest BCUT2D eigenvalue weighted by atomic mass is 9.67. The van der Waals surface area contributed by atoms with Gasteiger partial charge in [-0.1, -0.05) is 54.9 Å². The number of rotatable bonds is 3. The van der Waals surface area contributed by atoms with Crippen molar-refractivity contribution >= 4 is 39.6 Å². The Morgan fingerprint density at radius 2 is 2.03 bits per heavy atom. The van der Waals surface area contributed by atoms with Crippen molar-refractivity contribution in [2.24, 2.45) is 22.7 Å². The lowest BCUT2D eigenvalue weighted by Crippen LogP contribution is -2.41. The molecule has 7 heteroatoms. The second-order valence-electron chi connectivity index (χ2n) is 10.6. The van der Waals surface area contributed by atoms with Crippen LogP contribution < -0.4 is 0 Å². The van der Waals surface area contributed by atoms with Crippen molar-refractivity contribution < 1.29 is 5.11 Å². The van der Waals surface area contributed by atoms with Crippen LogP contribution in [0.3, 0.4) is 0 Å². The molecule has 2 aromatic heterocycles. The monoisotopic (exact) mass is 532 g/mol. The molecule has 192 valence electrons. The highest BCUT2D eigenvalue weighted by Crippen LogP contribution is 2.49. The zero-order chi connectivity index (χ0) is 25.4. The number of allylic oxidation sites excluding steroid dienone is 8. The number of aliphatic hydroxyl groups is 1. The Balaban J connectivity index is 1.43. The number of hydrogen-bond acceptors (Lipinski definition) is 6. The van der Waals surface area contributed by atoms with Crippen molar-refractivity contribution in [1.82, 2.24) is 15.0 Å². The fraction of sp³-hybridized carbons (Fsp3) is 0.467. The second kappa shape index (κ2) is 10.8. The number of aliphatic imine (C=N–C) groups is 1. The molecule has 6 rings (SSSR count). The summed E-state index contributed by atoms with van der Waals surface area (Å²) >= 11 is 8.89. The zero-order valence-electron chi connectivity index (χ0n) is 21.2. The van der Waals surface area contributed by atoms with Gasteiger partial charge in [0.05, 0.1) is 21.9 Å². The van der Waals surface area contributed by atoms with Gasteiger partial charge in [-0.3, -0.25) is 4.98 Å². The Hall–Kier alpha value is -2.28. The van der Waals surface area contributed by atoms with Crippen molar-refractivity contribution in [1.29, 1.82) is 0 Å². The van der Waals surface area contributed by atoms with E-state index in [2.05, 4.69) is 46.2 Å². The minimum absolute atomic E-state index is 0.121. The van der Waals surface area contributed by atoms with Gasteiger partial charge >= 0.3 is 0 Å². The van der Waals surface area contributed by atoms with Gasteiger partial charge in [0.1, 0.15) is 5.52 Å². The molecule has 3 heterocycles. The van der Waals surface area contributed by atoms with E-state index in [1.54, 1.807) is 24.2 Å². The summed E-state index contributed by atoms with van der Waals surface area (Å²) in [5.41, 5.74) is 6.27. The predicted molar refractivity (Wildman–Crippen MR) is 151 cm³/mol. The predicted octanol–water partition coefficient (Wildman–Crippen LogP) is 7.54. The molecular weight excluding hydrogens is 500 g/mol. The number of aliphatic hydroxyl groups excluding tert-OH is 1. The highest BCUT2D eigenvalue weighted by Gasteiger charge is 2.43. The van der Waals surface area contributed by atoms with E-state index < -0.39 is 0 Å². The molecule has 3 aliphatic carbocycles. The SMILES string of the molecule is CCC1=C(Cl)C2=C(C3CCCC4C(O)CC4C3)N=C(Sc3cnc4nccnc4c3)CCC=C2CC=C1. The smallest absolute Gasteiger partial charge is 0.178 e. The van der Waals surface area contributed by atoms with Crippen molar-refractivity contribution in [3.8, 4) is 0 Å². The summed E-state index contributed by atoms with van der Waals surface area (Å²) < 4.78 is 0. The van der Waals surface area contributed by atoms with E-state index in [-0.39, 0.29) is 6.10 Å². The molecule has 0 radical (unpaired) electrons. The minimum Gasteiger partial charge on any atom is -0.393 e. The van der Waals surface area contributed by atoms with Gasteiger partial charge in [-0.05, 0) is 80.4 Å². The number of aromatic nitrogens is 3. The summed E-state index contributed by atoms with van der Waals surface area (Å²) in [5.74, 6) is 1.38. The van der Waals surface area contributed by atoms with Gasteiger partial charge in [0.25, 0.3) is 0 Å². The molecule has 2 aromatic rings. The third kappa shape index (κ3) is 5.08. The molecule has 0 amide bonds. The molecule has 0 aromatic carbocycles. The Bertz CT molecular complexity index is 1360. The number of nitrogens with zero attached hydrogens (tertiary/aromatic N) is 4. The Morgan fingerprint density at radius 1 is 1.14 bits per heavy atom. The van der Waals surface area contributed by atoms with E-state index in [0.717, 1.165) is 89.5 Å². The van der Waals surface area contributed by atoms with Gasteiger partial charge in [-0.15, -0.1) is 0 Å². The number of pyridine rings is 1. The average Bonchev–Trinajstić information content (AvgIpc) is 3.16. The van der Waals surface area contributed by atoms with E-state index in [1.165, 1.54) is 11.1 Å². The fourth-order valence-electron chi connectivity index (χ4n) is 6.37. The van der Waals surface area contributed by atoms with E-state index in [1.807, 2.05) is 6.20 Å². The molecule has 1 aliphatic heterocycles. The first kappa shape index (κ1) is 25.0. The quantitative estimate of drug-likeness (QED) is 0.442. The summed E-state index contributed by atoms with van der Waals surface area (Å²) in [6, 6.07) is 2.05. The van der Waals surface area contributed by atoms with Crippen molar-refractivity contribution in [2.45, 2.75) is 75.7 Å². The van der Waals surface area contributed by atoms with Crippen LogP contribution in [0.2, 0.25) is 0 Å². The molecule has 0 saturated heterocycles. The van der Waals surface area contributed by atoms with Crippen LogP contribution in [0.4, 0.5) is 0 Å². The molecule has 0 bridgehead atoms. The van der Waals surface area contributed by atoms with Crippen LogP contribution in [-0.4, -0.2) is 31.2 Å². The van der Waals surface area contributed by atoms with Gasteiger partial charge in [0.15, 0.2) is 5.65 Å². The van der Waals surface area contributed by atoms with Crippen LogP contribution in [0.1, 0.15) is 64.7 Å². The average molecular weight is 533 g/mol. The number of halogens is 1. The summed E-state index contributed by atoms with van der Waals surface area (Å²) in [5, 5.41) is 12.3. The summed E-state index contributed by atoms with van der Waals surface area (Å²) in [6.07, 6.45) is 20.9. The first-order valence-corrected chi connectivity index (χ1v) is 14.8. The molecule has 1 N–H and O–H groups in total. The maximum absolute atomic E-state index is 10.4. The normalized spacial score (nSPS) is 28.3. The molecule has 4 atom stereocenters. The summed E-state index contributed by atoms with van der Waals surface area (Å²) in [7, 11) is 0. The first-order chi connectivity index (χ1) is 18.1. The van der Waals surface area contributed by atoms with Crippen molar-refractivity contribution in [3.05, 3.63) is 70.3 Å². The summed E-state index contributed by atoms with van der Waals surface area (Å²) in [4.78, 5) is 19.8. The molecule has 5 nitrogen and oxygen atoms in total. The maximum Gasteiger partial charge on any atom is 0.178 e. The third-order valence-electron chi connectivity index (χ3n) is 8.35. The second-order valence-corrected chi connectivity index (χ2v) is 12.1. The van der Waals surface area contributed by atoms with Crippen LogP contribution in [-0.2, 0) is 0 Å². The van der Waals surface area contributed by atoms with Gasteiger partial charge in [0.2, 0.25) is 0 Å². The van der Waals surface area contributed by atoms with E-state index >= 15 is 0 Å². The van der Waals surface area contributed by atoms with Crippen LogP contribution in [0.25, 0.3) is 11.2 Å². The van der Waals surface area contributed by atoms with Crippen LogP contribution in [0.5, 0.6) is 0 Å². The number of fused-ring (bicyclic) bond motifs is 3.